The van der Waals surface area contributed by atoms with Gasteiger partial charge in [-0.2, -0.15) is 8.42 Å². The van der Waals surface area contributed by atoms with E-state index in [1.165, 1.54) is 0 Å². The van der Waals surface area contributed by atoms with Gasteiger partial charge in [0.15, 0.2) is 0 Å². The van der Waals surface area contributed by atoms with Crippen LogP contribution >= 0.6 is 0 Å². The van der Waals surface area contributed by atoms with Gasteiger partial charge in [0, 0.05) is 0 Å². The molecule has 0 atom stereocenters. The molecule has 1 aliphatic rings. The first-order valence-electron chi connectivity index (χ1n) is 9.59. The topological polar surface area (TPSA) is 86.7 Å². The molecule has 1 aromatic rings. The van der Waals surface area contributed by atoms with Gasteiger partial charge in [-0.05, 0) is 88.6 Å². The molecule has 28 heavy (non-hydrogen) atoms. The van der Waals surface area contributed by atoms with E-state index >= 15 is 0 Å². The SMILES string of the molecule is C[Si](C)(C)OS(=O)(=O)c1ccc(C2CCC(S(=O)(=O)O[Si](C)(C)C)CC2)cc1. The second kappa shape index (κ2) is 8.31. The molecule has 0 heterocycles. The van der Waals surface area contributed by atoms with Crippen LogP contribution in [0.2, 0.25) is 39.3 Å². The minimum Gasteiger partial charge on any atom is -0.315 e. The third-order valence-corrected chi connectivity index (χ3v) is 12.4. The molecule has 0 unspecified atom stereocenters. The van der Waals surface area contributed by atoms with Gasteiger partial charge in [0.05, 0.1) is 10.1 Å². The summed E-state index contributed by atoms with van der Waals surface area (Å²) < 4.78 is 60.3. The summed E-state index contributed by atoms with van der Waals surface area (Å²) in [7, 11) is -11.6. The van der Waals surface area contributed by atoms with Gasteiger partial charge in [-0.25, -0.2) is 8.42 Å². The van der Waals surface area contributed by atoms with Gasteiger partial charge in [0.2, 0.25) is 16.6 Å². The average molecular weight is 465 g/mol. The van der Waals surface area contributed by atoms with Crippen molar-refractivity contribution < 1.29 is 24.6 Å². The van der Waals surface area contributed by atoms with Crippen molar-refractivity contribution in [1.29, 1.82) is 0 Å². The summed E-state index contributed by atoms with van der Waals surface area (Å²) in [5.41, 5.74) is 1.04. The van der Waals surface area contributed by atoms with Crippen LogP contribution in [0.15, 0.2) is 29.2 Å². The molecule has 2 rings (SSSR count). The highest BCUT2D eigenvalue weighted by Gasteiger charge is 2.35. The number of hydrogen-bond donors (Lipinski definition) is 0. The van der Waals surface area contributed by atoms with Crippen molar-refractivity contribution >= 4 is 36.9 Å². The van der Waals surface area contributed by atoms with E-state index in [1.807, 2.05) is 51.4 Å². The predicted octanol–water partition coefficient (Wildman–Crippen LogP) is 4.43. The standard InChI is InChI=1S/C18H32O6S2Si2/c1-27(2,3)23-25(19,20)17-11-7-15(8-12-17)16-9-13-18(14-10-16)26(21,22)24-28(4,5)6/h7-8,11-12,16,18H,9-10,13-14H2,1-6H3. The van der Waals surface area contributed by atoms with Gasteiger partial charge in [0.25, 0.3) is 20.2 Å². The second-order valence-corrected chi connectivity index (χ2v) is 22.2. The lowest BCUT2D eigenvalue weighted by atomic mass is 9.84. The maximum Gasteiger partial charge on any atom is 0.287 e. The van der Waals surface area contributed by atoms with E-state index in [-0.39, 0.29) is 10.8 Å². The zero-order chi connectivity index (χ0) is 21.4. The molecule has 0 spiro atoms. The van der Waals surface area contributed by atoms with E-state index in [0.717, 1.165) is 18.4 Å². The molecule has 1 aromatic carbocycles. The summed E-state index contributed by atoms with van der Waals surface area (Å²) in [6, 6.07) is 6.81. The zero-order valence-electron chi connectivity index (χ0n) is 17.6. The molecule has 0 saturated heterocycles. The first kappa shape index (κ1) is 23.7. The van der Waals surface area contributed by atoms with Gasteiger partial charge in [-0.3, -0.25) is 0 Å². The van der Waals surface area contributed by atoms with Crippen LogP contribution < -0.4 is 0 Å². The van der Waals surface area contributed by atoms with Crippen molar-refractivity contribution in [3.05, 3.63) is 29.8 Å². The molecular formula is C18H32O6S2Si2. The van der Waals surface area contributed by atoms with Crippen LogP contribution in [0.3, 0.4) is 0 Å². The summed E-state index contributed by atoms with van der Waals surface area (Å²) in [6.45, 7) is 11.1. The summed E-state index contributed by atoms with van der Waals surface area (Å²) in [5.74, 6) is 0.230. The lowest BCUT2D eigenvalue weighted by Gasteiger charge is -2.30. The Morgan fingerprint density at radius 2 is 1.21 bits per heavy atom. The van der Waals surface area contributed by atoms with E-state index < -0.39 is 42.1 Å². The van der Waals surface area contributed by atoms with Gasteiger partial charge >= 0.3 is 0 Å². The van der Waals surface area contributed by atoms with Gasteiger partial charge in [0.1, 0.15) is 0 Å². The Labute approximate surface area is 172 Å². The lowest BCUT2D eigenvalue weighted by molar-refractivity contribution is 0.403. The van der Waals surface area contributed by atoms with E-state index in [1.54, 1.807) is 12.1 Å². The molecule has 0 N–H and O–H groups in total. The average Bonchev–Trinajstić information content (AvgIpc) is 2.51. The fourth-order valence-corrected chi connectivity index (χ4v) is 11.1. The molecule has 1 fully saturated rings. The van der Waals surface area contributed by atoms with Crippen LogP contribution in [0.25, 0.3) is 0 Å². The molecule has 0 bridgehead atoms. The van der Waals surface area contributed by atoms with Crippen molar-refractivity contribution in [3.63, 3.8) is 0 Å². The van der Waals surface area contributed by atoms with Crippen LogP contribution in [0.1, 0.15) is 37.2 Å². The van der Waals surface area contributed by atoms with Gasteiger partial charge < -0.3 is 7.74 Å². The monoisotopic (exact) mass is 464 g/mol. The fourth-order valence-electron chi connectivity index (χ4n) is 3.39. The normalized spacial score (nSPS) is 22.2. The van der Waals surface area contributed by atoms with Crippen molar-refractivity contribution in [2.24, 2.45) is 0 Å². The molecule has 1 saturated carbocycles. The Kier molecular flexibility index (Phi) is 7.05. The predicted molar refractivity (Wildman–Crippen MR) is 116 cm³/mol. The highest BCUT2D eigenvalue weighted by molar-refractivity contribution is 7.88. The van der Waals surface area contributed by atoms with E-state index in [2.05, 4.69) is 0 Å². The maximum absolute atomic E-state index is 12.4. The van der Waals surface area contributed by atoms with Gasteiger partial charge in [-0.15, -0.1) is 0 Å². The number of rotatable bonds is 7. The minimum absolute atomic E-state index is 0.165. The zero-order valence-corrected chi connectivity index (χ0v) is 21.2. The Morgan fingerprint density at radius 3 is 1.64 bits per heavy atom. The van der Waals surface area contributed by atoms with Crippen LogP contribution in [0.5, 0.6) is 0 Å². The van der Waals surface area contributed by atoms with E-state index in [0.29, 0.717) is 12.8 Å². The molecule has 0 aliphatic heterocycles. The quantitative estimate of drug-likeness (QED) is 0.555. The molecule has 0 aromatic heterocycles. The molecule has 10 heteroatoms. The van der Waals surface area contributed by atoms with E-state index in [4.69, 9.17) is 7.74 Å². The Balaban J connectivity index is 2.04. The second-order valence-electron chi connectivity index (χ2n) is 9.38. The summed E-state index contributed by atoms with van der Waals surface area (Å²) in [5, 5.41) is -0.444. The van der Waals surface area contributed by atoms with Crippen molar-refractivity contribution in [2.45, 2.75) is 81.0 Å². The maximum atomic E-state index is 12.4. The third kappa shape index (κ3) is 6.77. The molecule has 6 nitrogen and oxygen atoms in total. The van der Waals surface area contributed by atoms with Crippen LogP contribution in [-0.4, -0.2) is 38.7 Å². The molecule has 0 radical (unpaired) electrons. The first-order valence-corrected chi connectivity index (χ1v) is 19.3. The Morgan fingerprint density at radius 1 is 0.750 bits per heavy atom. The highest BCUT2D eigenvalue weighted by atomic mass is 32.2. The first-order chi connectivity index (χ1) is 12.6. The Bertz CT molecular complexity index is 873. The molecule has 160 valence electrons. The van der Waals surface area contributed by atoms with E-state index in [9.17, 15) is 16.8 Å². The lowest BCUT2D eigenvalue weighted by Crippen LogP contribution is -2.36. The van der Waals surface area contributed by atoms with Crippen molar-refractivity contribution in [1.82, 2.24) is 0 Å². The number of hydrogen-bond acceptors (Lipinski definition) is 6. The summed E-state index contributed by atoms with van der Waals surface area (Å²) in [4.78, 5) is 0.165. The number of benzene rings is 1. The van der Waals surface area contributed by atoms with Crippen molar-refractivity contribution in [3.8, 4) is 0 Å². The van der Waals surface area contributed by atoms with Gasteiger partial charge in [-0.1, -0.05) is 12.1 Å². The molecule has 1 aliphatic carbocycles. The summed E-state index contributed by atoms with van der Waals surface area (Å²) in [6.07, 6.45) is 2.62. The highest BCUT2D eigenvalue weighted by Crippen LogP contribution is 2.36. The van der Waals surface area contributed by atoms with Crippen LogP contribution in [-0.2, 0) is 28.0 Å². The molecular weight excluding hydrogens is 432 g/mol. The van der Waals surface area contributed by atoms with Crippen LogP contribution in [0.4, 0.5) is 0 Å². The van der Waals surface area contributed by atoms with Crippen LogP contribution in [0, 0.1) is 0 Å². The largest absolute Gasteiger partial charge is 0.315 e. The third-order valence-electron chi connectivity index (χ3n) is 4.45. The summed E-state index contributed by atoms with van der Waals surface area (Å²) >= 11 is 0. The smallest absolute Gasteiger partial charge is 0.287 e. The Hall–Kier alpha value is -0.526. The minimum atomic E-state index is -3.74. The van der Waals surface area contributed by atoms with Crippen molar-refractivity contribution in [2.75, 3.05) is 0 Å². The molecule has 0 amide bonds. The fraction of sp³-hybridized carbons (Fsp3) is 0.667.